The minimum atomic E-state index is -4.19. The van der Waals surface area contributed by atoms with Crippen LogP contribution in [0, 0.1) is 0 Å². The van der Waals surface area contributed by atoms with Gasteiger partial charge in [-0.25, -0.2) is 13.1 Å². The zero-order valence-electron chi connectivity index (χ0n) is 17.9. The van der Waals surface area contributed by atoms with Gasteiger partial charge in [0, 0.05) is 31.2 Å². The van der Waals surface area contributed by atoms with E-state index < -0.39 is 15.9 Å². The third-order valence-corrected chi connectivity index (χ3v) is 6.14. The number of hydrogen-bond donors (Lipinski definition) is 1. The monoisotopic (exact) mass is 430 g/mol. The molecule has 7 nitrogen and oxygen atoms in total. The molecule has 0 saturated carbocycles. The second-order valence-electron chi connectivity index (χ2n) is 8.28. The maximum Gasteiger partial charge on any atom is 0.300 e. The highest BCUT2D eigenvalue weighted by Gasteiger charge is 2.27. The number of carbonyl (C=O) groups excluding carboxylic acids is 1. The number of carbonyl (C=O) groups is 1. The largest absolute Gasteiger partial charge is 0.495 e. The lowest BCUT2D eigenvalue weighted by atomic mass is 9.87. The molecule has 1 amide bonds. The van der Waals surface area contributed by atoms with Crippen LogP contribution >= 0.6 is 0 Å². The number of ether oxygens (including phenoxy) is 1. The van der Waals surface area contributed by atoms with Crippen molar-refractivity contribution in [2.75, 3.05) is 26.1 Å². The van der Waals surface area contributed by atoms with Gasteiger partial charge in [-0.1, -0.05) is 26.8 Å². The quantitative estimate of drug-likeness (QED) is 0.660. The molecule has 0 aliphatic heterocycles. The first-order chi connectivity index (χ1) is 13.9. The minimum Gasteiger partial charge on any atom is -0.495 e. The summed E-state index contributed by atoms with van der Waals surface area (Å²) in [6.45, 7) is 5.92. The molecular formula is C22H26N2O5S. The molecule has 1 N–H and O–H groups in total. The Bertz CT molecular complexity index is 1200. The minimum absolute atomic E-state index is 0.0876. The smallest absolute Gasteiger partial charge is 0.300 e. The molecule has 3 rings (SSSR count). The molecule has 0 fully saturated rings. The van der Waals surface area contributed by atoms with Gasteiger partial charge in [-0.2, -0.15) is 0 Å². The van der Waals surface area contributed by atoms with Crippen molar-refractivity contribution >= 4 is 32.6 Å². The molecular weight excluding hydrogens is 404 g/mol. The van der Waals surface area contributed by atoms with E-state index in [1.807, 2.05) is 51.9 Å². The van der Waals surface area contributed by atoms with Crippen LogP contribution in [0.2, 0.25) is 0 Å². The molecule has 0 aliphatic rings. The number of sulfonamides is 1. The maximum absolute atomic E-state index is 13.0. The number of rotatable bonds is 5. The zero-order valence-corrected chi connectivity index (χ0v) is 18.8. The molecule has 3 aromatic rings. The van der Waals surface area contributed by atoms with Crippen LogP contribution in [0.4, 0.5) is 5.69 Å². The third-order valence-electron chi connectivity index (χ3n) is 4.79. The average Bonchev–Trinajstić information content (AvgIpc) is 3.10. The van der Waals surface area contributed by atoms with Crippen LogP contribution in [0.3, 0.4) is 0 Å². The summed E-state index contributed by atoms with van der Waals surface area (Å²) >= 11 is 0. The topological polar surface area (TPSA) is 88.8 Å². The second-order valence-corrected chi connectivity index (χ2v) is 9.93. The summed E-state index contributed by atoms with van der Waals surface area (Å²) in [5.41, 5.74) is 1.93. The number of nitrogens with zero attached hydrogens (tertiary/aromatic N) is 1. The van der Waals surface area contributed by atoms with Gasteiger partial charge in [0.25, 0.3) is 10.0 Å². The van der Waals surface area contributed by atoms with Crippen LogP contribution in [0.25, 0.3) is 11.0 Å². The molecule has 1 heterocycles. The molecule has 30 heavy (non-hydrogen) atoms. The number of benzene rings is 2. The van der Waals surface area contributed by atoms with Crippen molar-refractivity contribution in [3.8, 4) is 5.75 Å². The average molecular weight is 431 g/mol. The van der Waals surface area contributed by atoms with Crippen molar-refractivity contribution in [3.63, 3.8) is 0 Å². The molecule has 0 bridgehead atoms. The van der Waals surface area contributed by atoms with Crippen LogP contribution in [0.15, 0.2) is 51.8 Å². The fourth-order valence-electron chi connectivity index (χ4n) is 2.99. The number of amides is 1. The van der Waals surface area contributed by atoms with E-state index in [0.717, 1.165) is 11.3 Å². The fraction of sp³-hybridized carbons (Fsp3) is 0.318. The van der Waals surface area contributed by atoms with E-state index in [-0.39, 0.29) is 21.8 Å². The number of nitrogens with one attached hydrogen (secondary N) is 1. The summed E-state index contributed by atoms with van der Waals surface area (Å²) in [6, 6.07) is 11.9. The Kier molecular flexibility index (Phi) is 5.56. The van der Waals surface area contributed by atoms with Crippen LogP contribution in [-0.4, -0.2) is 35.5 Å². The van der Waals surface area contributed by atoms with E-state index in [0.29, 0.717) is 11.0 Å². The Morgan fingerprint density at radius 3 is 2.37 bits per heavy atom. The first-order valence-electron chi connectivity index (χ1n) is 9.39. The number of furan rings is 1. The van der Waals surface area contributed by atoms with E-state index in [2.05, 4.69) is 4.72 Å². The summed E-state index contributed by atoms with van der Waals surface area (Å²) < 4.78 is 38.9. The first kappa shape index (κ1) is 21.7. The van der Waals surface area contributed by atoms with E-state index in [4.69, 9.17) is 9.15 Å². The molecule has 0 unspecified atom stereocenters. The molecule has 8 heteroatoms. The lowest BCUT2D eigenvalue weighted by Crippen LogP contribution is -2.31. The maximum atomic E-state index is 13.0. The Hall–Kier alpha value is -3.00. The van der Waals surface area contributed by atoms with Gasteiger partial charge in [0.15, 0.2) is 5.76 Å². The number of hydrogen-bond acceptors (Lipinski definition) is 6. The lowest BCUT2D eigenvalue weighted by Gasteiger charge is -2.21. The van der Waals surface area contributed by atoms with E-state index >= 15 is 0 Å². The SMILES string of the molecule is COc1ccc(C(C)(C)C)cc1S(=O)(=O)NC(=O)c1cc2ccc(N(C)C)cc2o1. The van der Waals surface area contributed by atoms with Crippen molar-refractivity contribution in [1.82, 2.24) is 4.72 Å². The number of fused-ring (bicyclic) bond motifs is 1. The van der Waals surface area contributed by atoms with Gasteiger partial charge in [-0.05, 0) is 41.3 Å². The summed E-state index contributed by atoms with van der Waals surface area (Å²) in [4.78, 5) is 14.5. The molecule has 1 aromatic heterocycles. The Morgan fingerprint density at radius 2 is 1.77 bits per heavy atom. The second kappa shape index (κ2) is 7.68. The fourth-order valence-corrected chi connectivity index (χ4v) is 4.14. The van der Waals surface area contributed by atoms with Crippen LogP contribution in [0.5, 0.6) is 5.75 Å². The Morgan fingerprint density at radius 1 is 1.07 bits per heavy atom. The normalized spacial score (nSPS) is 12.1. The van der Waals surface area contributed by atoms with Gasteiger partial charge in [0.1, 0.15) is 16.2 Å². The summed E-state index contributed by atoms with van der Waals surface area (Å²) in [5.74, 6) is -0.778. The standard InChI is InChI=1S/C22H26N2O5S/c1-22(2,3)15-8-10-17(28-6)20(12-15)30(26,27)23-21(25)19-11-14-7-9-16(24(4)5)13-18(14)29-19/h7-13H,1-6H3,(H,23,25). The summed E-state index contributed by atoms with van der Waals surface area (Å²) in [5, 5.41) is 0.704. The highest BCUT2D eigenvalue weighted by atomic mass is 32.2. The predicted octanol–water partition coefficient (Wildman–Crippen LogP) is 3.92. The highest BCUT2D eigenvalue weighted by molar-refractivity contribution is 7.90. The molecule has 2 aromatic carbocycles. The van der Waals surface area contributed by atoms with Gasteiger partial charge in [-0.15, -0.1) is 0 Å². The molecule has 0 saturated heterocycles. The number of anilines is 1. The van der Waals surface area contributed by atoms with Gasteiger partial charge in [0.2, 0.25) is 0 Å². The lowest BCUT2D eigenvalue weighted by molar-refractivity contribution is 0.0956. The van der Waals surface area contributed by atoms with Crippen molar-refractivity contribution in [2.45, 2.75) is 31.1 Å². The third kappa shape index (κ3) is 4.28. The molecule has 0 radical (unpaired) electrons. The van der Waals surface area contributed by atoms with Crippen molar-refractivity contribution < 1.29 is 22.4 Å². The van der Waals surface area contributed by atoms with Gasteiger partial charge in [0.05, 0.1) is 7.11 Å². The molecule has 0 aliphatic carbocycles. The number of methoxy groups -OCH3 is 1. The Labute approximate surface area is 176 Å². The van der Waals surface area contributed by atoms with Gasteiger partial charge in [-0.3, -0.25) is 4.79 Å². The summed E-state index contributed by atoms with van der Waals surface area (Å²) in [6.07, 6.45) is 0. The van der Waals surface area contributed by atoms with E-state index in [9.17, 15) is 13.2 Å². The van der Waals surface area contributed by atoms with Crippen LogP contribution in [-0.2, 0) is 15.4 Å². The predicted molar refractivity (Wildman–Crippen MR) is 117 cm³/mol. The van der Waals surface area contributed by atoms with Crippen LogP contribution in [0.1, 0.15) is 36.9 Å². The molecule has 0 spiro atoms. The van der Waals surface area contributed by atoms with Crippen LogP contribution < -0.4 is 14.4 Å². The highest BCUT2D eigenvalue weighted by Crippen LogP contribution is 2.31. The first-order valence-corrected chi connectivity index (χ1v) is 10.9. The van der Waals surface area contributed by atoms with Crippen molar-refractivity contribution in [3.05, 3.63) is 53.8 Å². The van der Waals surface area contributed by atoms with E-state index in [1.165, 1.54) is 19.2 Å². The van der Waals surface area contributed by atoms with Crippen molar-refractivity contribution in [2.24, 2.45) is 0 Å². The van der Waals surface area contributed by atoms with E-state index in [1.54, 1.807) is 18.2 Å². The van der Waals surface area contributed by atoms with Gasteiger partial charge >= 0.3 is 5.91 Å². The molecule has 160 valence electrons. The Balaban J connectivity index is 1.95. The zero-order chi connectivity index (χ0) is 22.3. The summed E-state index contributed by atoms with van der Waals surface area (Å²) in [7, 11) is 0.983. The molecule has 0 atom stereocenters. The van der Waals surface area contributed by atoms with Gasteiger partial charge < -0.3 is 14.1 Å². The van der Waals surface area contributed by atoms with Crippen molar-refractivity contribution in [1.29, 1.82) is 0 Å².